The molecule has 0 radical (unpaired) electrons. The van der Waals surface area contributed by atoms with Crippen molar-refractivity contribution < 1.29 is 8.42 Å². The first-order valence-electron chi connectivity index (χ1n) is 9.76. The molecule has 2 aromatic carbocycles. The molecule has 0 spiro atoms. The highest BCUT2D eigenvalue weighted by molar-refractivity contribution is 14.0. The van der Waals surface area contributed by atoms with Crippen molar-refractivity contribution in [1.82, 2.24) is 10.6 Å². The molecule has 29 heavy (non-hydrogen) atoms. The summed E-state index contributed by atoms with van der Waals surface area (Å²) in [4.78, 5) is 5.00. The van der Waals surface area contributed by atoms with E-state index < -0.39 is 9.84 Å². The molecule has 1 unspecified atom stereocenters. The predicted molar refractivity (Wildman–Crippen MR) is 132 cm³/mol. The summed E-state index contributed by atoms with van der Waals surface area (Å²) in [6, 6.07) is 17.8. The Morgan fingerprint density at radius 2 is 1.62 bits per heavy atom. The third-order valence-corrected chi connectivity index (χ3v) is 5.59. The number of rotatable bonds is 9. The van der Waals surface area contributed by atoms with Crippen LogP contribution in [0.25, 0.3) is 0 Å². The largest absolute Gasteiger partial charge is 0.357 e. The molecule has 1 atom stereocenters. The van der Waals surface area contributed by atoms with Crippen molar-refractivity contribution in [3.05, 3.63) is 65.7 Å². The summed E-state index contributed by atoms with van der Waals surface area (Å²) in [5.41, 5.74) is 2.42. The van der Waals surface area contributed by atoms with Gasteiger partial charge in [-0.05, 0) is 56.4 Å². The minimum atomic E-state index is -3.15. The number of sulfone groups is 1. The Labute approximate surface area is 192 Å². The zero-order valence-electron chi connectivity index (χ0n) is 17.4. The number of benzene rings is 2. The minimum absolute atomic E-state index is 0. The SMILES string of the molecule is CCNC(=NCCc1ccc(S(C)(=O)=O)cc1)NC(C)CCc1ccccc1.I. The predicted octanol–water partition coefficient (Wildman–Crippen LogP) is 3.83. The Morgan fingerprint density at radius 3 is 2.21 bits per heavy atom. The first kappa shape index (κ1) is 25.4. The number of aliphatic imine (C=N–C) groups is 1. The Balaban J connectivity index is 0.00000420. The lowest BCUT2D eigenvalue weighted by Gasteiger charge is -2.18. The highest BCUT2D eigenvalue weighted by Gasteiger charge is 2.07. The summed E-state index contributed by atoms with van der Waals surface area (Å²) in [6.07, 6.45) is 4.04. The molecule has 2 rings (SSSR count). The zero-order valence-corrected chi connectivity index (χ0v) is 20.5. The molecule has 0 bridgehead atoms. The molecular formula is C22H32IN3O2S. The van der Waals surface area contributed by atoms with Crippen LogP contribution in [0.15, 0.2) is 64.5 Å². The van der Waals surface area contributed by atoms with E-state index in [-0.39, 0.29) is 24.0 Å². The number of hydrogen-bond acceptors (Lipinski definition) is 3. The van der Waals surface area contributed by atoms with E-state index in [0.717, 1.165) is 37.3 Å². The molecule has 160 valence electrons. The lowest BCUT2D eigenvalue weighted by molar-refractivity contribution is 0.593. The quantitative estimate of drug-likeness (QED) is 0.295. The molecule has 2 N–H and O–H groups in total. The molecule has 0 aromatic heterocycles. The highest BCUT2D eigenvalue weighted by atomic mass is 127. The fraction of sp³-hybridized carbons (Fsp3) is 0.409. The van der Waals surface area contributed by atoms with Gasteiger partial charge in [0.15, 0.2) is 15.8 Å². The summed E-state index contributed by atoms with van der Waals surface area (Å²) in [7, 11) is -3.15. The van der Waals surface area contributed by atoms with Crippen LogP contribution in [0.2, 0.25) is 0 Å². The van der Waals surface area contributed by atoms with Crippen molar-refractivity contribution in [3.8, 4) is 0 Å². The third kappa shape index (κ3) is 9.62. The van der Waals surface area contributed by atoms with Gasteiger partial charge >= 0.3 is 0 Å². The van der Waals surface area contributed by atoms with Crippen LogP contribution in [-0.4, -0.2) is 39.8 Å². The van der Waals surface area contributed by atoms with E-state index in [1.807, 2.05) is 18.2 Å². The van der Waals surface area contributed by atoms with E-state index in [0.29, 0.717) is 17.5 Å². The first-order valence-corrected chi connectivity index (χ1v) is 11.7. The normalized spacial score (nSPS) is 12.7. The highest BCUT2D eigenvalue weighted by Crippen LogP contribution is 2.11. The number of aryl methyl sites for hydroxylation is 1. The van der Waals surface area contributed by atoms with Crippen molar-refractivity contribution in [2.45, 2.75) is 44.0 Å². The van der Waals surface area contributed by atoms with Crippen molar-refractivity contribution in [2.75, 3.05) is 19.3 Å². The topological polar surface area (TPSA) is 70.6 Å². The number of hydrogen-bond donors (Lipinski definition) is 2. The molecule has 5 nitrogen and oxygen atoms in total. The fourth-order valence-corrected chi connectivity index (χ4v) is 3.48. The molecule has 7 heteroatoms. The molecule has 0 saturated carbocycles. The van der Waals surface area contributed by atoms with E-state index in [4.69, 9.17) is 0 Å². The van der Waals surface area contributed by atoms with Gasteiger partial charge in [-0.2, -0.15) is 0 Å². The average molecular weight is 529 g/mol. The van der Waals surface area contributed by atoms with E-state index in [1.54, 1.807) is 12.1 Å². The third-order valence-electron chi connectivity index (χ3n) is 4.46. The van der Waals surface area contributed by atoms with Crippen LogP contribution < -0.4 is 10.6 Å². The smallest absolute Gasteiger partial charge is 0.191 e. The van der Waals surface area contributed by atoms with Gasteiger partial charge in [0.2, 0.25) is 0 Å². The minimum Gasteiger partial charge on any atom is -0.357 e. The molecule has 0 aliphatic carbocycles. The van der Waals surface area contributed by atoms with Gasteiger partial charge in [0.25, 0.3) is 0 Å². The van der Waals surface area contributed by atoms with Crippen molar-refractivity contribution in [3.63, 3.8) is 0 Å². The Hall–Kier alpha value is -1.61. The maximum Gasteiger partial charge on any atom is 0.191 e. The summed E-state index contributed by atoms with van der Waals surface area (Å²) in [5, 5.41) is 6.75. The maximum atomic E-state index is 11.5. The maximum absolute atomic E-state index is 11.5. The standard InChI is InChI=1S/C22H31N3O2S.HI/c1-4-23-22(25-18(2)10-11-19-8-6-5-7-9-19)24-17-16-20-12-14-21(15-13-20)28(3,26)27;/h5-9,12-15,18H,4,10-11,16-17H2,1-3H3,(H2,23,24,25);1H. The summed E-state index contributed by atoms with van der Waals surface area (Å²) in [6.45, 7) is 5.66. The Bertz CT molecular complexity index is 853. The van der Waals surface area contributed by atoms with Gasteiger partial charge in [0.05, 0.1) is 4.90 Å². The zero-order chi connectivity index (χ0) is 20.4. The second-order valence-electron chi connectivity index (χ2n) is 7.00. The van der Waals surface area contributed by atoms with Crippen molar-refractivity contribution in [2.24, 2.45) is 4.99 Å². The fourth-order valence-electron chi connectivity index (χ4n) is 2.85. The van der Waals surface area contributed by atoms with Crippen LogP contribution in [0, 0.1) is 0 Å². The van der Waals surface area contributed by atoms with E-state index >= 15 is 0 Å². The lowest BCUT2D eigenvalue weighted by atomic mass is 10.1. The second-order valence-corrected chi connectivity index (χ2v) is 9.01. The summed E-state index contributed by atoms with van der Waals surface area (Å²) >= 11 is 0. The molecule has 0 aliphatic rings. The number of nitrogens with one attached hydrogen (secondary N) is 2. The van der Waals surface area contributed by atoms with E-state index in [9.17, 15) is 8.42 Å². The van der Waals surface area contributed by atoms with Crippen LogP contribution in [0.3, 0.4) is 0 Å². The van der Waals surface area contributed by atoms with Gasteiger partial charge in [-0.15, -0.1) is 24.0 Å². The Morgan fingerprint density at radius 1 is 1.00 bits per heavy atom. The Kier molecular flexibility index (Phi) is 11.3. The van der Waals surface area contributed by atoms with Crippen LogP contribution in [0.1, 0.15) is 31.4 Å². The van der Waals surface area contributed by atoms with Crippen LogP contribution in [0.4, 0.5) is 0 Å². The van der Waals surface area contributed by atoms with Gasteiger partial charge in [-0.3, -0.25) is 4.99 Å². The van der Waals surface area contributed by atoms with Gasteiger partial charge in [0.1, 0.15) is 0 Å². The summed E-state index contributed by atoms with van der Waals surface area (Å²) in [5.74, 6) is 0.816. The molecular weight excluding hydrogens is 497 g/mol. The van der Waals surface area contributed by atoms with Crippen LogP contribution in [-0.2, 0) is 22.7 Å². The molecule has 2 aromatic rings. The van der Waals surface area contributed by atoms with Crippen molar-refractivity contribution >= 4 is 39.8 Å². The van der Waals surface area contributed by atoms with Gasteiger partial charge in [-0.1, -0.05) is 42.5 Å². The molecule has 0 heterocycles. The van der Waals surface area contributed by atoms with Gasteiger partial charge in [-0.25, -0.2) is 8.42 Å². The monoisotopic (exact) mass is 529 g/mol. The summed E-state index contributed by atoms with van der Waals surface area (Å²) < 4.78 is 23.1. The number of guanidine groups is 1. The molecule has 0 fully saturated rings. The van der Waals surface area contributed by atoms with Crippen LogP contribution >= 0.6 is 24.0 Å². The molecule has 0 saturated heterocycles. The average Bonchev–Trinajstić information content (AvgIpc) is 2.67. The van der Waals surface area contributed by atoms with Gasteiger partial charge < -0.3 is 10.6 Å². The number of nitrogens with zero attached hydrogens (tertiary/aromatic N) is 1. The van der Waals surface area contributed by atoms with Gasteiger partial charge in [0, 0.05) is 25.4 Å². The molecule has 0 amide bonds. The van der Waals surface area contributed by atoms with E-state index in [1.165, 1.54) is 11.8 Å². The van der Waals surface area contributed by atoms with Crippen molar-refractivity contribution in [1.29, 1.82) is 0 Å². The van der Waals surface area contributed by atoms with Crippen LogP contribution in [0.5, 0.6) is 0 Å². The lowest BCUT2D eigenvalue weighted by Crippen LogP contribution is -2.42. The van der Waals surface area contributed by atoms with E-state index in [2.05, 4.69) is 53.7 Å². The molecule has 0 aliphatic heterocycles. The first-order chi connectivity index (χ1) is 13.4. The second kappa shape index (κ2) is 12.8. The number of halogens is 1.